The van der Waals surface area contributed by atoms with Crippen LogP contribution in [0.5, 0.6) is 5.75 Å². The summed E-state index contributed by atoms with van der Waals surface area (Å²) in [5, 5.41) is 8.82. The number of carbonyl (C=O) groups is 1. The number of carboxylic acids is 1. The van der Waals surface area contributed by atoms with Gasteiger partial charge in [0.05, 0.1) is 6.10 Å². The van der Waals surface area contributed by atoms with Crippen molar-refractivity contribution >= 4 is 5.97 Å². The molecule has 0 amide bonds. The number of benzene rings is 2. The fourth-order valence-corrected chi connectivity index (χ4v) is 3.64. The Balaban J connectivity index is 1.80. The van der Waals surface area contributed by atoms with Crippen molar-refractivity contribution in [1.29, 1.82) is 0 Å². The van der Waals surface area contributed by atoms with Gasteiger partial charge in [-0.05, 0) is 68.2 Å². The van der Waals surface area contributed by atoms with Crippen molar-refractivity contribution in [2.24, 2.45) is 5.92 Å². The predicted molar refractivity (Wildman–Crippen MR) is 99.9 cm³/mol. The zero-order valence-corrected chi connectivity index (χ0v) is 15.2. The van der Waals surface area contributed by atoms with Crippen LogP contribution in [0.4, 0.5) is 4.39 Å². The lowest BCUT2D eigenvalue weighted by Crippen LogP contribution is -2.23. The van der Waals surface area contributed by atoms with E-state index in [-0.39, 0.29) is 18.3 Å². The summed E-state index contributed by atoms with van der Waals surface area (Å²) in [5.41, 5.74) is 2.52. The Morgan fingerprint density at radius 3 is 2.62 bits per heavy atom. The molecule has 3 rings (SSSR count). The van der Waals surface area contributed by atoms with Gasteiger partial charge < -0.3 is 9.84 Å². The molecule has 1 aliphatic carbocycles. The number of carboxylic acid groups (broad SMARTS) is 1. The van der Waals surface area contributed by atoms with Gasteiger partial charge in [-0.15, -0.1) is 0 Å². The van der Waals surface area contributed by atoms with Crippen molar-refractivity contribution in [2.45, 2.75) is 51.6 Å². The van der Waals surface area contributed by atoms with E-state index >= 15 is 0 Å². The second-order valence-corrected chi connectivity index (χ2v) is 7.37. The first-order valence-electron chi connectivity index (χ1n) is 9.21. The van der Waals surface area contributed by atoms with E-state index in [9.17, 15) is 9.18 Å². The van der Waals surface area contributed by atoms with Crippen LogP contribution in [0.2, 0.25) is 0 Å². The van der Waals surface area contributed by atoms with Crippen LogP contribution >= 0.6 is 0 Å². The fraction of sp³-hybridized carbons (Fsp3) is 0.409. The van der Waals surface area contributed by atoms with Gasteiger partial charge in [-0.3, -0.25) is 4.79 Å². The summed E-state index contributed by atoms with van der Waals surface area (Å²) in [7, 11) is 0. The minimum absolute atomic E-state index is 0.0347. The molecule has 0 unspecified atom stereocenters. The molecular formula is C22H25FO3. The third-order valence-electron chi connectivity index (χ3n) is 5.00. The van der Waals surface area contributed by atoms with Gasteiger partial charge in [0.15, 0.2) is 0 Å². The van der Waals surface area contributed by atoms with Gasteiger partial charge in [0.2, 0.25) is 0 Å². The summed E-state index contributed by atoms with van der Waals surface area (Å²) in [4.78, 5) is 10.7. The highest BCUT2D eigenvalue weighted by molar-refractivity contribution is 5.67. The van der Waals surface area contributed by atoms with E-state index in [0.29, 0.717) is 17.4 Å². The molecule has 0 aliphatic heterocycles. The highest BCUT2D eigenvalue weighted by Crippen LogP contribution is 2.47. The second-order valence-electron chi connectivity index (χ2n) is 7.37. The molecule has 26 heavy (non-hydrogen) atoms. The van der Waals surface area contributed by atoms with E-state index in [4.69, 9.17) is 9.84 Å². The molecule has 0 saturated heterocycles. The predicted octanol–water partition coefficient (Wildman–Crippen LogP) is 5.64. The Hall–Kier alpha value is -2.36. The smallest absolute Gasteiger partial charge is 0.303 e. The van der Waals surface area contributed by atoms with E-state index in [0.717, 1.165) is 36.1 Å². The number of halogens is 1. The molecule has 0 spiro atoms. The molecule has 0 heterocycles. The average Bonchev–Trinajstić information content (AvgIpc) is 2.54. The molecular weight excluding hydrogens is 331 g/mol. The molecule has 1 saturated carbocycles. The third kappa shape index (κ3) is 4.24. The zero-order chi connectivity index (χ0) is 18.7. The molecule has 2 aromatic rings. The van der Waals surface area contributed by atoms with Crippen molar-refractivity contribution in [2.75, 3.05) is 0 Å². The average molecular weight is 356 g/mol. The summed E-state index contributed by atoms with van der Waals surface area (Å²) in [6.07, 6.45) is 2.98. The molecule has 0 radical (unpaired) electrons. The van der Waals surface area contributed by atoms with Crippen LogP contribution in [-0.4, -0.2) is 17.2 Å². The van der Waals surface area contributed by atoms with E-state index < -0.39 is 5.97 Å². The van der Waals surface area contributed by atoms with E-state index in [1.54, 1.807) is 12.1 Å². The number of aliphatic carboxylic acids is 1. The molecule has 1 aliphatic rings. The summed E-state index contributed by atoms with van der Waals surface area (Å²) >= 11 is 0. The van der Waals surface area contributed by atoms with Gasteiger partial charge in [0.1, 0.15) is 11.6 Å². The first kappa shape index (κ1) is 18.4. The van der Waals surface area contributed by atoms with Crippen LogP contribution in [0.3, 0.4) is 0 Å². The van der Waals surface area contributed by atoms with Gasteiger partial charge in [-0.2, -0.15) is 0 Å². The molecule has 3 nitrogen and oxygen atoms in total. The Morgan fingerprint density at radius 2 is 1.96 bits per heavy atom. The first-order chi connectivity index (χ1) is 12.4. The highest BCUT2D eigenvalue weighted by atomic mass is 19.1. The lowest BCUT2D eigenvalue weighted by Gasteiger charge is -2.36. The van der Waals surface area contributed by atoms with Crippen molar-refractivity contribution in [1.82, 2.24) is 0 Å². The third-order valence-corrected chi connectivity index (χ3v) is 5.00. The van der Waals surface area contributed by atoms with Crippen LogP contribution in [0.1, 0.15) is 51.0 Å². The molecule has 4 heteroatoms. The molecule has 0 atom stereocenters. The Labute approximate surface area is 153 Å². The van der Waals surface area contributed by atoms with Crippen LogP contribution < -0.4 is 4.74 Å². The Kier molecular flexibility index (Phi) is 5.60. The van der Waals surface area contributed by atoms with E-state index in [1.165, 1.54) is 6.07 Å². The van der Waals surface area contributed by atoms with Crippen molar-refractivity contribution in [3.05, 3.63) is 53.8 Å². The van der Waals surface area contributed by atoms with Crippen molar-refractivity contribution in [3.8, 4) is 16.9 Å². The van der Waals surface area contributed by atoms with Crippen LogP contribution in [0.25, 0.3) is 11.1 Å². The summed E-state index contributed by atoms with van der Waals surface area (Å²) in [6, 6.07) is 12.7. The molecule has 138 valence electrons. The zero-order valence-electron chi connectivity index (χ0n) is 15.2. The maximum absolute atomic E-state index is 14.1. The maximum Gasteiger partial charge on any atom is 0.303 e. The van der Waals surface area contributed by atoms with Crippen LogP contribution in [0.15, 0.2) is 42.5 Å². The maximum atomic E-state index is 14.1. The number of hydrogen-bond acceptors (Lipinski definition) is 2. The Bertz CT molecular complexity index is 779. The monoisotopic (exact) mass is 356 g/mol. The summed E-state index contributed by atoms with van der Waals surface area (Å²) < 4.78 is 20.1. The van der Waals surface area contributed by atoms with Crippen molar-refractivity contribution < 1.29 is 19.0 Å². The van der Waals surface area contributed by atoms with E-state index in [2.05, 4.69) is 0 Å². The lowest BCUT2D eigenvalue weighted by molar-refractivity contribution is -0.137. The fourth-order valence-electron chi connectivity index (χ4n) is 3.64. The quantitative estimate of drug-likeness (QED) is 0.698. The second kappa shape index (κ2) is 7.90. The number of rotatable bonds is 7. The Morgan fingerprint density at radius 1 is 1.23 bits per heavy atom. The topological polar surface area (TPSA) is 46.5 Å². The van der Waals surface area contributed by atoms with Crippen LogP contribution in [-0.2, 0) is 4.79 Å². The number of hydrogen-bond donors (Lipinski definition) is 1. The van der Waals surface area contributed by atoms with Gasteiger partial charge in [0, 0.05) is 12.0 Å². The van der Waals surface area contributed by atoms with E-state index in [1.807, 2.05) is 38.1 Å². The summed E-state index contributed by atoms with van der Waals surface area (Å²) in [5.74, 6) is 0.688. The van der Waals surface area contributed by atoms with Gasteiger partial charge in [-0.25, -0.2) is 4.39 Å². The molecule has 1 N–H and O–H groups in total. The highest BCUT2D eigenvalue weighted by Gasteiger charge is 2.32. The normalized spacial score (nSPS) is 19.2. The minimum atomic E-state index is -0.730. The first-order valence-corrected chi connectivity index (χ1v) is 9.21. The lowest BCUT2D eigenvalue weighted by atomic mass is 9.69. The minimum Gasteiger partial charge on any atom is -0.491 e. The van der Waals surface area contributed by atoms with Crippen LogP contribution in [0, 0.1) is 11.7 Å². The SMILES string of the molecule is CC(C)Oc1cc(-c2ccccc2F)ccc1[C@H]1C[C@@H](CCC(=O)O)C1. The molecule has 1 fully saturated rings. The molecule has 0 aromatic heterocycles. The molecule has 2 aromatic carbocycles. The van der Waals surface area contributed by atoms with Gasteiger partial charge in [-0.1, -0.05) is 30.3 Å². The summed E-state index contributed by atoms with van der Waals surface area (Å²) in [6.45, 7) is 3.96. The standard InChI is InChI=1S/C22H25FO3/c1-14(2)26-21-13-16(18-5-3-4-6-20(18)23)8-9-19(21)17-11-15(12-17)7-10-22(24)25/h3-6,8-9,13-15,17H,7,10-12H2,1-2H3,(H,24,25)/t15-,17+. The van der Waals surface area contributed by atoms with Gasteiger partial charge >= 0.3 is 5.97 Å². The number of ether oxygens (including phenoxy) is 1. The van der Waals surface area contributed by atoms with Gasteiger partial charge in [0.25, 0.3) is 0 Å². The van der Waals surface area contributed by atoms with Crippen molar-refractivity contribution in [3.63, 3.8) is 0 Å². The largest absolute Gasteiger partial charge is 0.491 e. The molecule has 0 bridgehead atoms.